The minimum Gasteiger partial charge on any atom is -0.398 e. The molecule has 5 nitrogen and oxygen atoms in total. The first-order valence-corrected chi connectivity index (χ1v) is 9.40. The standard InChI is InChI=1S/C14H20BrN3O2S/c1-17-10-2-3-11(17)9-18(7-6-10)21(19,20)12-4-5-13(15)14(16)8-12/h4-5,8,10-11H,2-3,6-7,9,16H2,1H3. The molecule has 0 aliphatic carbocycles. The molecule has 2 saturated heterocycles. The third kappa shape index (κ3) is 2.72. The zero-order valence-electron chi connectivity index (χ0n) is 12.0. The van der Waals surface area contributed by atoms with Crippen molar-refractivity contribution in [2.24, 2.45) is 0 Å². The Morgan fingerprint density at radius 1 is 1.24 bits per heavy atom. The van der Waals surface area contributed by atoms with Gasteiger partial charge in [0.2, 0.25) is 10.0 Å². The number of hydrogen-bond donors (Lipinski definition) is 1. The lowest BCUT2D eigenvalue weighted by Gasteiger charge is -2.25. The highest BCUT2D eigenvalue weighted by Crippen LogP contribution is 2.32. The maximum absolute atomic E-state index is 12.8. The van der Waals surface area contributed by atoms with Crippen molar-refractivity contribution in [2.45, 2.75) is 36.2 Å². The molecular weight excluding hydrogens is 354 g/mol. The molecule has 0 aromatic heterocycles. The molecule has 0 amide bonds. The molecule has 2 N–H and O–H groups in total. The fourth-order valence-corrected chi connectivity index (χ4v) is 5.10. The van der Waals surface area contributed by atoms with Crippen molar-refractivity contribution in [3.63, 3.8) is 0 Å². The lowest BCUT2D eigenvalue weighted by atomic mass is 10.1. The Balaban J connectivity index is 1.89. The van der Waals surface area contributed by atoms with Crippen LogP contribution in [0.2, 0.25) is 0 Å². The van der Waals surface area contributed by atoms with Gasteiger partial charge in [-0.2, -0.15) is 4.31 Å². The average Bonchev–Trinajstić information content (AvgIpc) is 2.65. The molecule has 21 heavy (non-hydrogen) atoms. The van der Waals surface area contributed by atoms with E-state index in [2.05, 4.69) is 27.9 Å². The van der Waals surface area contributed by atoms with E-state index in [1.807, 2.05) is 0 Å². The van der Waals surface area contributed by atoms with Crippen molar-refractivity contribution in [1.82, 2.24) is 9.21 Å². The normalized spacial score (nSPS) is 27.7. The van der Waals surface area contributed by atoms with Gasteiger partial charge in [-0.1, -0.05) is 0 Å². The summed E-state index contributed by atoms with van der Waals surface area (Å²) < 4.78 is 28.0. The SMILES string of the molecule is CN1C2CCC1CN(S(=O)(=O)c1ccc(Br)c(N)c1)CC2. The highest BCUT2D eigenvalue weighted by Gasteiger charge is 2.38. The Hall–Kier alpha value is -0.630. The number of hydrogen-bond acceptors (Lipinski definition) is 4. The van der Waals surface area contributed by atoms with E-state index in [4.69, 9.17) is 5.73 Å². The molecule has 7 heteroatoms. The molecule has 1 aromatic rings. The average molecular weight is 374 g/mol. The molecule has 2 fully saturated rings. The second kappa shape index (κ2) is 5.53. The number of nitrogens with two attached hydrogens (primary N) is 1. The smallest absolute Gasteiger partial charge is 0.243 e. The molecule has 0 saturated carbocycles. The van der Waals surface area contributed by atoms with Crippen LogP contribution in [0.4, 0.5) is 5.69 Å². The van der Waals surface area contributed by atoms with Crippen LogP contribution in [-0.2, 0) is 10.0 Å². The molecule has 116 valence electrons. The van der Waals surface area contributed by atoms with Gasteiger partial charge >= 0.3 is 0 Å². The van der Waals surface area contributed by atoms with Crippen molar-refractivity contribution in [2.75, 3.05) is 25.9 Å². The van der Waals surface area contributed by atoms with Gasteiger partial charge in [0.15, 0.2) is 0 Å². The minimum absolute atomic E-state index is 0.281. The van der Waals surface area contributed by atoms with E-state index >= 15 is 0 Å². The monoisotopic (exact) mass is 373 g/mol. The fraction of sp³-hybridized carbons (Fsp3) is 0.571. The minimum atomic E-state index is -3.46. The van der Waals surface area contributed by atoms with E-state index < -0.39 is 10.0 Å². The Morgan fingerprint density at radius 3 is 2.67 bits per heavy atom. The maximum atomic E-state index is 12.8. The summed E-state index contributed by atoms with van der Waals surface area (Å²) in [7, 11) is -1.36. The molecule has 0 radical (unpaired) electrons. The zero-order chi connectivity index (χ0) is 15.2. The molecule has 0 spiro atoms. The number of likely N-dealkylation sites (N-methyl/N-ethyl adjacent to an activating group) is 1. The lowest BCUT2D eigenvalue weighted by molar-refractivity contribution is 0.246. The molecule has 2 unspecified atom stereocenters. The van der Waals surface area contributed by atoms with Gasteiger partial charge in [-0.3, -0.25) is 4.90 Å². The van der Waals surface area contributed by atoms with Gasteiger partial charge in [0, 0.05) is 35.3 Å². The van der Waals surface area contributed by atoms with E-state index in [1.54, 1.807) is 16.4 Å². The summed E-state index contributed by atoms with van der Waals surface area (Å²) in [4.78, 5) is 2.62. The number of sulfonamides is 1. The number of nitrogen functional groups attached to an aromatic ring is 1. The highest BCUT2D eigenvalue weighted by molar-refractivity contribution is 9.10. The third-order valence-corrected chi connectivity index (χ3v) is 7.30. The quantitative estimate of drug-likeness (QED) is 0.803. The predicted octanol–water partition coefficient (Wildman–Crippen LogP) is 1.89. The van der Waals surface area contributed by atoms with E-state index in [9.17, 15) is 8.42 Å². The van der Waals surface area contributed by atoms with Gasteiger partial charge in [-0.05, 0) is 60.4 Å². The first-order chi connectivity index (χ1) is 9.89. The summed E-state index contributed by atoms with van der Waals surface area (Å²) in [6.45, 7) is 1.16. The third-order valence-electron chi connectivity index (χ3n) is 4.72. The Morgan fingerprint density at radius 2 is 1.95 bits per heavy atom. The van der Waals surface area contributed by atoms with Crippen molar-refractivity contribution < 1.29 is 8.42 Å². The summed E-state index contributed by atoms with van der Waals surface area (Å²) in [6.07, 6.45) is 3.16. The number of halogens is 1. The Bertz CT molecular complexity index is 650. The zero-order valence-corrected chi connectivity index (χ0v) is 14.4. The van der Waals surface area contributed by atoms with Crippen LogP contribution in [0.25, 0.3) is 0 Å². The highest BCUT2D eigenvalue weighted by atomic mass is 79.9. The summed E-state index contributed by atoms with van der Waals surface area (Å²) in [5, 5.41) is 0. The summed E-state index contributed by atoms with van der Waals surface area (Å²) in [6, 6.07) is 5.69. The van der Waals surface area contributed by atoms with Crippen LogP contribution in [0.3, 0.4) is 0 Å². The lowest BCUT2D eigenvalue weighted by Crippen LogP contribution is -2.39. The fourth-order valence-electron chi connectivity index (χ4n) is 3.33. The van der Waals surface area contributed by atoms with E-state index in [0.717, 1.165) is 17.3 Å². The number of fused-ring (bicyclic) bond motifs is 2. The maximum Gasteiger partial charge on any atom is 0.243 e. The van der Waals surface area contributed by atoms with Gasteiger partial charge < -0.3 is 5.73 Å². The number of nitrogens with zero attached hydrogens (tertiary/aromatic N) is 2. The van der Waals surface area contributed by atoms with Gasteiger partial charge in [0.05, 0.1) is 4.90 Å². The van der Waals surface area contributed by atoms with Crippen LogP contribution in [0, 0.1) is 0 Å². The van der Waals surface area contributed by atoms with Crippen molar-refractivity contribution in [3.8, 4) is 0 Å². The van der Waals surface area contributed by atoms with Crippen LogP contribution in [0.15, 0.2) is 27.6 Å². The number of benzene rings is 1. The predicted molar refractivity (Wildman–Crippen MR) is 86.5 cm³/mol. The van der Waals surface area contributed by atoms with Gasteiger partial charge in [0.25, 0.3) is 0 Å². The molecule has 1 aromatic carbocycles. The van der Waals surface area contributed by atoms with E-state index in [1.165, 1.54) is 12.5 Å². The molecule has 3 rings (SSSR count). The summed E-state index contributed by atoms with van der Waals surface area (Å²) in [5.74, 6) is 0. The van der Waals surface area contributed by atoms with E-state index in [-0.39, 0.29) is 4.90 Å². The van der Waals surface area contributed by atoms with Gasteiger partial charge in [-0.25, -0.2) is 8.42 Å². The van der Waals surface area contributed by atoms with Crippen molar-refractivity contribution >= 4 is 31.6 Å². The summed E-state index contributed by atoms with van der Waals surface area (Å²) >= 11 is 3.30. The second-order valence-corrected chi connectivity index (χ2v) is 8.68. The molecular formula is C14H20BrN3O2S. The van der Waals surface area contributed by atoms with Crippen LogP contribution < -0.4 is 5.73 Å². The number of anilines is 1. The molecule has 2 atom stereocenters. The van der Waals surface area contributed by atoms with Gasteiger partial charge in [0.1, 0.15) is 0 Å². The van der Waals surface area contributed by atoms with Crippen LogP contribution in [0.5, 0.6) is 0 Å². The molecule has 2 bridgehead atoms. The van der Waals surface area contributed by atoms with Crippen LogP contribution in [0.1, 0.15) is 19.3 Å². The Labute approximate surface area is 134 Å². The molecule has 2 aliphatic heterocycles. The second-order valence-electron chi connectivity index (χ2n) is 5.89. The molecule has 2 aliphatic rings. The first kappa shape index (κ1) is 15.3. The summed E-state index contributed by atoms with van der Waals surface area (Å²) in [5.41, 5.74) is 6.27. The van der Waals surface area contributed by atoms with Gasteiger partial charge in [-0.15, -0.1) is 0 Å². The first-order valence-electron chi connectivity index (χ1n) is 7.16. The van der Waals surface area contributed by atoms with Crippen LogP contribution in [-0.4, -0.2) is 49.8 Å². The van der Waals surface area contributed by atoms with E-state index in [0.29, 0.717) is 30.9 Å². The van der Waals surface area contributed by atoms with Crippen molar-refractivity contribution in [3.05, 3.63) is 22.7 Å². The largest absolute Gasteiger partial charge is 0.398 e. The van der Waals surface area contributed by atoms with Crippen molar-refractivity contribution in [1.29, 1.82) is 0 Å². The molecule has 2 heterocycles. The topological polar surface area (TPSA) is 66.6 Å². The Kier molecular flexibility index (Phi) is 4.02. The number of rotatable bonds is 2. The van der Waals surface area contributed by atoms with Crippen LogP contribution >= 0.6 is 15.9 Å².